The summed E-state index contributed by atoms with van der Waals surface area (Å²) in [7, 11) is 1.96. The van der Waals surface area contributed by atoms with E-state index in [1.54, 1.807) is 0 Å². The van der Waals surface area contributed by atoms with Crippen LogP contribution in [0.25, 0.3) is 0 Å². The summed E-state index contributed by atoms with van der Waals surface area (Å²) in [5, 5.41) is 14.8. The molecule has 2 rings (SSSR count). The van der Waals surface area contributed by atoms with Crippen LogP contribution in [0, 0.1) is 0 Å². The van der Waals surface area contributed by atoms with Gasteiger partial charge in [0, 0.05) is 24.2 Å². The van der Waals surface area contributed by atoms with Gasteiger partial charge in [-0.2, -0.15) is 0 Å². The Hall–Kier alpha value is -1.55. The molecule has 182 valence electrons. The Morgan fingerprint density at radius 3 is 1.62 bits per heavy atom. The Labute approximate surface area is 197 Å². The predicted octanol–water partition coefficient (Wildman–Crippen LogP) is 6.03. The number of phenols is 1. The van der Waals surface area contributed by atoms with Gasteiger partial charge in [-0.1, -0.05) is 53.7 Å². The molecular formula is C28H48N2O2. The van der Waals surface area contributed by atoms with E-state index in [-0.39, 0.29) is 33.9 Å². The molecule has 0 atom stereocenters. The highest BCUT2D eigenvalue weighted by atomic mass is 16.3. The minimum Gasteiger partial charge on any atom is -0.507 e. The topological polar surface area (TPSA) is 52.6 Å². The van der Waals surface area contributed by atoms with Crippen molar-refractivity contribution in [3.8, 4) is 5.75 Å². The molecule has 1 saturated heterocycles. The molecule has 4 nitrogen and oxygen atoms in total. The average molecular weight is 445 g/mol. The minimum atomic E-state index is -0.707. The number of aromatic hydroxyl groups is 1. The van der Waals surface area contributed by atoms with Crippen molar-refractivity contribution in [1.29, 1.82) is 0 Å². The molecule has 0 spiro atoms. The van der Waals surface area contributed by atoms with Crippen LogP contribution >= 0.6 is 0 Å². The van der Waals surface area contributed by atoms with Crippen molar-refractivity contribution in [3.05, 3.63) is 28.8 Å². The van der Waals surface area contributed by atoms with E-state index in [9.17, 15) is 9.90 Å². The highest BCUT2D eigenvalue weighted by molar-refractivity contribution is 5.88. The van der Waals surface area contributed by atoms with E-state index in [0.717, 1.165) is 29.5 Å². The zero-order valence-electron chi connectivity index (χ0n) is 22.9. The van der Waals surface area contributed by atoms with E-state index in [4.69, 9.17) is 0 Å². The van der Waals surface area contributed by atoms with Gasteiger partial charge in [0.25, 0.3) is 0 Å². The van der Waals surface area contributed by atoms with Crippen molar-refractivity contribution >= 4 is 5.91 Å². The first-order chi connectivity index (χ1) is 14.1. The maximum absolute atomic E-state index is 13.9. The number of piperidine rings is 1. The van der Waals surface area contributed by atoms with E-state index >= 15 is 0 Å². The van der Waals surface area contributed by atoms with Crippen LogP contribution < -0.4 is 5.32 Å². The first-order valence-electron chi connectivity index (χ1n) is 12.0. The number of hydrogen-bond acceptors (Lipinski definition) is 3. The fourth-order valence-electron chi connectivity index (χ4n) is 5.41. The first kappa shape index (κ1) is 26.7. The summed E-state index contributed by atoms with van der Waals surface area (Å²) >= 11 is 0. The van der Waals surface area contributed by atoms with Gasteiger partial charge in [-0.3, -0.25) is 4.79 Å². The molecule has 0 unspecified atom stereocenters. The maximum atomic E-state index is 13.9. The number of likely N-dealkylation sites (N-methyl/N-ethyl adjacent to an activating group) is 1. The Morgan fingerprint density at radius 1 is 0.906 bits per heavy atom. The van der Waals surface area contributed by atoms with E-state index in [2.05, 4.69) is 74.6 Å². The van der Waals surface area contributed by atoms with E-state index < -0.39 is 5.41 Å². The van der Waals surface area contributed by atoms with Gasteiger partial charge < -0.3 is 15.3 Å². The predicted molar refractivity (Wildman–Crippen MR) is 136 cm³/mol. The van der Waals surface area contributed by atoms with Gasteiger partial charge in [-0.15, -0.1) is 0 Å². The van der Waals surface area contributed by atoms with Crippen LogP contribution in [0.3, 0.4) is 0 Å². The Kier molecular flexibility index (Phi) is 6.71. The summed E-state index contributed by atoms with van der Waals surface area (Å²) in [5.41, 5.74) is 1.55. The number of nitrogens with zero attached hydrogens (tertiary/aromatic N) is 1. The van der Waals surface area contributed by atoms with Gasteiger partial charge >= 0.3 is 0 Å². The smallest absolute Gasteiger partial charge is 0.232 e. The number of phenolic OH excluding ortho intramolecular Hbond substituents is 1. The lowest BCUT2D eigenvalue weighted by atomic mass is 9.73. The molecule has 1 aliphatic rings. The highest BCUT2D eigenvalue weighted by Crippen LogP contribution is 2.43. The fraction of sp³-hybridized carbons (Fsp3) is 0.750. The summed E-state index contributed by atoms with van der Waals surface area (Å²) in [6.07, 6.45) is 1.84. The fourth-order valence-corrected chi connectivity index (χ4v) is 5.41. The second kappa shape index (κ2) is 8.04. The van der Waals surface area contributed by atoms with Crippen molar-refractivity contribution in [3.63, 3.8) is 0 Å². The molecule has 1 fully saturated rings. The molecule has 1 aliphatic heterocycles. The van der Waals surface area contributed by atoms with Crippen LogP contribution in [0.4, 0.5) is 0 Å². The van der Waals surface area contributed by atoms with Crippen LogP contribution in [0.1, 0.15) is 113 Å². The zero-order chi connectivity index (χ0) is 25.1. The van der Waals surface area contributed by atoms with Crippen molar-refractivity contribution in [2.45, 2.75) is 129 Å². The van der Waals surface area contributed by atoms with Crippen LogP contribution in [-0.2, 0) is 21.0 Å². The number of benzene rings is 1. The molecule has 0 radical (unpaired) electrons. The molecule has 0 aliphatic carbocycles. The third-order valence-electron chi connectivity index (χ3n) is 7.02. The summed E-state index contributed by atoms with van der Waals surface area (Å²) in [5.74, 6) is 0.480. The van der Waals surface area contributed by atoms with Gasteiger partial charge in [0.1, 0.15) is 5.75 Å². The minimum absolute atomic E-state index is 0.0254. The Morgan fingerprint density at radius 2 is 1.28 bits per heavy atom. The van der Waals surface area contributed by atoms with E-state index in [0.29, 0.717) is 5.75 Å². The molecule has 0 aromatic heterocycles. The lowest BCUT2D eigenvalue weighted by Crippen LogP contribution is -2.63. The monoisotopic (exact) mass is 444 g/mol. The lowest BCUT2D eigenvalue weighted by Gasteiger charge is -2.50. The van der Waals surface area contributed by atoms with Gasteiger partial charge in [-0.05, 0) is 81.9 Å². The van der Waals surface area contributed by atoms with E-state index in [1.165, 1.54) is 0 Å². The first-order valence-corrected chi connectivity index (χ1v) is 12.0. The Bertz CT molecular complexity index is 815. The second-order valence-corrected chi connectivity index (χ2v) is 13.9. The van der Waals surface area contributed by atoms with Crippen LogP contribution in [0.2, 0.25) is 0 Å². The van der Waals surface area contributed by atoms with Crippen LogP contribution in [0.15, 0.2) is 12.1 Å². The molecule has 4 heteroatoms. The average Bonchev–Trinajstić information content (AvgIpc) is 2.55. The standard InChI is InChI=1S/C28H48N2O2/c1-24(2,3)20-14-18(15-21(22(20)31)25(4,5)6)28(11,12)23(32)30(13)19-16-26(7,8)29-27(9,10)17-19/h14-15,19,29,31H,16-17H2,1-13H3. The molecule has 1 amide bonds. The van der Waals surface area contributed by atoms with Gasteiger partial charge in [0.15, 0.2) is 0 Å². The molecule has 0 bridgehead atoms. The van der Waals surface area contributed by atoms with Crippen molar-refractivity contribution in [2.24, 2.45) is 0 Å². The van der Waals surface area contributed by atoms with E-state index in [1.807, 2.05) is 37.9 Å². The SMILES string of the molecule is CN(C(=O)C(C)(C)c1cc(C(C)(C)C)c(O)c(C(C)(C)C)c1)C1CC(C)(C)NC(C)(C)C1. The highest BCUT2D eigenvalue weighted by Gasteiger charge is 2.43. The van der Waals surface area contributed by atoms with Crippen molar-refractivity contribution < 1.29 is 9.90 Å². The summed E-state index contributed by atoms with van der Waals surface area (Å²) < 4.78 is 0. The molecule has 1 aromatic carbocycles. The van der Waals surface area contributed by atoms with Crippen LogP contribution in [-0.4, -0.2) is 40.1 Å². The summed E-state index contributed by atoms with van der Waals surface area (Å²) in [4.78, 5) is 15.9. The molecule has 0 saturated carbocycles. The quantitative estimate of drug-likeness (QED) is 0.598. The molecule has 32 heavy (non-hydrogen) atoms. The van der Waals surface area contributed by atoms with Gasteiger partial charge in [-0.25, -0.2) is 0 Å². The third-order valence-corrected chi connectivity index (χ3v) is 7.02. The number of carbonyl (C=O) groups excluding carboxylic acids is 1. The van der Waals surface area contributed by atoms with Crippen molar-refractivity contribution in [2.75, 3.05) is 7.05 Å². The molecule has 2 N–H and O–H groups in total. The zero-order valence-corrected chi connectivity index (χ0v) is 22.9. The summed E-state index contributed by atoms with van der Waals surface area (Å²) in [6.45, 7) is 25.6. The van der Waals surface area contributed by atoms with Gasteiger partial charge in [0.2, 0.25) is 5.91 Å². The third kappa shape index (κ3) is 5.50. The number of nitrogens with one attached hydrogen (secondary N) is 1. The normalized spacial score (nSPS) is 19.7. The summed E-state index contributed by atoms with van der Waals surface area (Å²) in [6, 6.07) is 4.27. The van der Waals surface area contributed by atoms with Crippen molar-refractivity contribution in [1.82, 2.24) is 10.2 Å². The van der Waals surface area contributed by atoms with Crippen LogP contribution in [0.5, 0.6) is 5.75 Å². The van der Waals surface area contributed by atoms with Gasteiger partial charge in [0.05, 0.1) is 5.41 Å². The number of hydrogen-bond donors (Lipinski definition) is 2. The number of amides is 1. The molecular weight excluding hydrogens is 396 g/mol. The second-order valence-electron chi connectivity index (χ2n) is 13.9. The molecule has 1 aromatic rings. The Balaban J connectivity index is 2.53. The maximum Gasteiger partial charge on any atom is 0.232 e. The lowest BCUT2D eigenvalue weighted by molar-refractivity contribution is -0.138. The molecule has 1 heterocycles. The number of carbonyl (C=O) groups is 1. The number of rotatable bonds is 3. The largest absolute Gasteiger partial charge is 0.507 e.